The molecular weight excluding hydrogens is 534 g/mol. The summed E-state index contributed by atoms with van der Waals surface area (Å²) in [6.45, 7) is 0.287. The number of amides is 3. The van der Waals surface area contributed by atoms with Gasteiger partial charge in [0.1, 0.15) is 23.9 Å². The highest BCUT2D eigenvalue weighted by Crippen LogP contribution is 2.23. The van der Waals surface area contributed by atoms with Crippen LogP contribution in [0, 0.1) is 0 Å². The third-order valence-electron chi connectivity index (χ3n) is 7.08. The quantitative estimate of drug-likeness (QED) is 0.169. The van der Waals surface area contributed by atoms with E-state index in [-0.39, 0.29) is 30.9 Å². The fourth-order valence-electron chi connectivity index (χ4n) is 4.93. The molecule has 3 aromatic rings. The van der Waals surface area contributed by atoms with Crippen LogP contribution in [0.1, 0.15) is 24.0 Å². The van der Waals surface area contributed by atoms with Crippen molar-refractivity contribution in [2.24, 2.45) is 5.73 Å². The molecule has 11 nitrogen and oxygen atoms in total. The molecule has 7 N–H and O–H groups in total. The first-order chi connectivity index (χ1) is 19.2. The first-order valence-electron chi connectivity index (χ1n) is 13.0. The number of nitrogens with zero attached hydrogens (tertiary/aromatic N) is 1. The maximum atomic E-state index is 13.9. The number of likely N-dealkylation sites (tertiary alicyclic amines) is 1. The number of carbonyl (C=O) groups is 4. The summed E-state index contributed by atoms with van der Waals surface area (Å²) in [5, 5.41) is 25.0. The Bertz CT molecular complexity index is 1380. The molecule has 2 aromatic carbocycles. The lowest BCUT2D eigenvalue weighted by atomic mass is 10.0. The zero-order valence-electron chi connectivity index (χ0n) is 21.7. The number of hydrogen-bond acceptors (Lipinski definition) is 7. The lowest BCUT2D eigenvalue weighted by molar-refractivity contribution is -0.144. The van der Waals surface area contributed by atoms with Crippen LogP contribution in [-0.4, -0.2) is 80.3 Å². The fraction of sp³-hybridized carbons (Fsp3) is 0.357. The molecule has 212 valence electrons. The number of aromatic nitrogens is 1. The van der Waals surface area contributed by atoms with E-state index in [0.717, 1.165) is 22.0 Å². The van der Waals surface area contributed by atoms with Crippen LogP contribution in [0.2, 0.25) is 0 Å². The smallest absolute Gasteiger partial charge is 0.327 e. The Balaban J connectivity index is 1.55. The molecule has 4 atom stereocenters. The summed E-state index contributed by atoms with van der Waals surface area (Å²) in [5.74, 6) is -2.78. The molecular formula is C28H33N5O6S. The van der Waals surface area contributed by atoms with E-state index in [0.29, 0.717) is 12.8 Å². The Morgan fingerprint density at radius 1 is 1.05 bits per heavy atom. The molecule has 0 spiro atoms. The third kappa shape index (κ3) is 6.75. The molecule has 0 aliphatic carbocycles. The number of carboxylic acid groups (broad SMARTS) is 1. The Morgan fingerprint density at radius 2 is 1.77 bits per heavy atom. The normalized spacial score (nSPS) is 17.2. The molecule has 3 amide bonds. The first-order valence-corrected chi connectivity index (χ1v) is 13.6. The van der Waals surface area contributed by atoms with Gasteiger partial charge in [-0.3, -0.25) is 14.4 Å². The van der Waals surface area contributed by atoms with Crippen LogP contribution in [0.25, 0.3) is 10.9 Å². The maximum absolute atomic E-state index is 13.9. The number of phenols is 1. The number of thiol groups is 1. The first kappa shape index (κ1) is 29.0. The van der Waals surface area contributed by atoms with Gasteiger partial charge < -0.3 is 36.5 Å². The van der Waals surface area contributed by atoms with Crippen molar-refractivity contribution in [3.05, 3.63) is 65.9 Å². The summed E-state index contributed by atoms with van der Waals surface area (Å²) >= 11 is 3.99. The number of rotatable bonds is 11. The minimum Gasteiger partial charge on any atom is -0.508 e. The van der Waals surface area contributed by atoms with Gasteiger partial charge in [-0.05, 0) is 48.6 Å². The van der Waals surface area contributed by atoms with E-state index >= 15 is 0 Å². The molecule has 1 fully saturated rings. The highest BCUT2D eigenvalue weighted by Gasteiger charge is 2.39. The van der Waals surface area contributed by atoms with Gasteiger partial charge in [-0.1, -0.05) is 30.3 Å². The van der Waals surface area contributed by atoms with Gasteiger partial charge in [0.15, 0.2) is 0 Å². The van der Waals surface area contributed by atoms with Crippen LogP contribution in [0.15, 0.2) is 54.7 Å². The monoisotopic (exact) mass is 567 g/mol. The Labute approximate surface area is 236 Å². The van der Waals surface area contributed by atoms with E-state index in [1.807, 2.05) is 24.3 Å². The van der Waals surface area contributed by atoms with Crippen LogP contribution < -0.4 is 16.4 Å². The van der Waals surface area contributed by atoms with Gasteiger partial charge in [0.05, 0.1) is 6.04 Å². The Hall–Kier alpha value is -4.03. The molecule has 4 unspecified atom stereocenters. The van der Waals surface area contributed by atoms with E-state index in [9.17, 15) is 29.4 Å². The van der Waals surface area contributed by atoms with Crippen LogP contribution >= 0.6 is 12.6 Å². The molecule has 0 bridgehead atoms. The van der Waals surface area contributed by atoms with E-state index in [1.165, 1.54) is 17.0 Å². The van der Waals surface area contributed by atoms with Crippen molar-refractivity contribution in [2.45, 2.75) is 49.9 Å². The van der Waals surface area contributed by atoms with Crippen LogP contribution in [-0.2, 0) is 32.0 Å². The number of para-hydroxylation sites is 1. The standard InChI is InChI=1S/C28H33N5O6S/c29-20(12-16-7-9-18(34)10-8-16)25(35)31-22(13-17-14-30-21-5-2-1-4-19(17)21)27(37)33-11-3-6-24(33)26(36)32-23(15-40)28(38)39/h1-2,4-5,7-10,14,20,22-24,30,34,40H,3,6,11-13,15,29H2,(H,31,35)(H,32,36)(H,38,39). The number of phenolic OH excluding ortho intramolecular Hbond substituents is 1. The molecule has 0 saturated carbocycles. The Kier molecular flexibility index (Phi) is 9.33. The number of hydrogen-bond donors (Lipinski definition) is 7. The maximum Gasteiger partial charge on any atom is 0.327 e. The fourth-order valence-corrected chi connectivity index (χ4v) is 5.18. The van der Waals surface area contributed by atoms with Crippen molar-refractivity contribution in [3.8, 4) is 5.75 Å². The largest absolute Gasteiger partial charge is 0.508 e. The van der Waals surface area contributed by atoms with E-state index < -0.39 is 47.9 Å². The van der Waals surface area contributed by atoms with Gasteiger partial charge in [-0.25, -0.2) is 4.79 Å². The van der Waals surface area contributed by atoms with Crippen molar-refractivity contribution in [1.29, 1.82) is 0 Å². The van der Waals surface area contributed by atoms with Gasteiger partial charge in [-0.2, -0.15) is 12.6 Å². The number of benzene rings is 2. The highest BCUT2D eigenvalue weighted by molar-refractivity contribution is 7.80. The van der Waals surface area contributed by atoms with Crippen molar-refractivity contribution < 1.29 is 29.4 Å². The topological polar surface area (TPSA) is 178 Å². The molecule has 1 aromatic heterocycles. The van der Waals surface area contributed by atoms with Gasteiger partial charge >= 0.3 is 5.97 Å². The number of nitrogens with one attached hydrogen (secondary N) is 3. The average Bonchev–Trinajstić information content (AvgIpc) is 3.59. The number of nitrogens with two attached hydrogens (primary N) is 1. The van der Waals surface area contributed by atoms with Gasteiger partial charge in [0.2, 0.25) is 17.7 Å². The van der Waals surface area contributed by atoms with E-state index in [1.54, 1.807) is 18.3 Å². The second kappa shape index (κ2) is 12.9. The van der Waals surface area contributed by atoms with Crippen molar-refractivity contribution in [1.82, 2.24) is 20.5 Å². The summed E-state index contributed by atoms with van der Waals surface area (Å²) in [6.07, 6.45) is 3.04. The average molecular weight is 568 g/mol. The molecule has 0 radical (unpaired) electrons. The Morgan fingerprint density at radius 3 is 2.48 bits per heavy atom. The summed E-state index contributed by atoms with van der Waals surface area (Å²) in [4.78, 5) is 56.0. The number of fused-ring (bicyclic) bond motifs is 1. The van der Waals surface area contributed by atoms with Crippen molar-refractivity contribution in [2.75, 3.05) is 12.3 Å². The van der Waals surface area contributed by atoms with Gasteiger partial charge in [0.25, 0.3) is 0 Å². The molecule has 40 heavy (non-hydrogen) atoms. The zero-order valence-corrected chi connectivity index (χ0v) is 22.6. The summed E-state index contributed by atoms with van der Waals surface area (Å²) in [7, 11) is 0. The van der Waals surface area contributed by atoms with Crippen LogP contribution in [0.4, 0.5) is 0 Å². The number of aromatic amines is 1. The molecule has 4 rings (SSSR count). The third-order valence-corrected chi connectivity index (χ3v) is 7.44. The molecule has 2 heterocycles. The number of carbonyl (C=O) groups excluding carboxylic acids is 3. The van der Waals surface area contributed by atoms with Crippen molar-refractivity contribution in [3.63, 3.8) is 0 Å². The van der Waals surface area contributed by atoms with Crippen LogP contribution in [0.5, 0.6) is 5.75 Å². The molecule has 1 aliphatic rings. The SMILES string of the molecule is NC(Cc1ccc(O)cc1)C(=O)NC(Cc1c[nH]c2ccccc12)C(=O)N1CCCC1C(=O)NC(CS)C(=O)O. The van der Waals surface area contributed by atoms with Crippen molar-refractivity contribution >= 4 is 47.2 Å². The number of aromatic hydroxyl groups is 1. The number of aliphatic carboxylic acids is 1. The predicted molar refractivity (Wildman–Crippen MR) is 152 cm³/mol. The predicted octanol–water partition coefficient (Wildman–Crippen LogP) is 0.961. The van der Waals surface area contributed by atoms with E-state index in [2.05, 4.69) is 28.2 Å². The number of H-pyrrole nitrogens is 1. The molecule has 12 heteroatoms. The lowest BCUT2D eigenvalue weighted by Crippen LogP contribution is -2.57. The summed E-state index contributed by atoms with van der Waals surface area (Å²) < 4.78 is 0. The number of carboxylic acids is 1. The minimum absolute atomic E-state index is 0.0967. The van der Waals surface area contributed by atoms with Crippen LogP contribution in [0.3, 0.4) is 0 Å². The second-order valence-electron chi connectivity index (χ2n) is 9.87. The van der Waals surface area contributed by atoms with Gasteiger partial charge in [0, 0.05) is 35.8 Å². The minimum atomic E-state index is -1.22. The summed E-state index contributed by atoms with van der Waals surface area (Å²) in [6, 6.07) is 9.88. The lowest BCUT2D eigenvalue weighted by Gasteiger charge is -2.30. The molecule has 1 saturated heterocycles. The zero-order chi connectivity index (χ0) is 28.8. The highest BCUT2D eigenvalue weighted by atomic mass is 32.1. The van der Waals surface area contributed by atoms with Gasteiger partial charge in [-0.15, -0.1) is 0 Å². The molecule has 1 aliphatic heterocycles. The van der Waals surface area contributed by atoms with E-state index in [4.69, 9.17) is 5.73 Å². The summed E-state index contributed by atoms with van der Waals surface area (Å²) in [5.41, 5.74) is 8.63. The second-order valence-corrected chi connectivity index (χ2v) is 10.2.